The minimum Gasteiger partial charge on any atom is -0.443 e. The predicted octanol–water partition coefficient (Wildman–Crippen LogP) is 2.73. The monoisotopic (exact) mass is 349 g/mol. The zero-order chi connectivity index (χ0) is 18.1. The molecule has 1 fully saturated rings. The molecule has 4 rings (SSSR count). The fourth-order valence-electron chi connectivity index (χ4n) is 3.27. The molecule has 1 aliphatic rings. The van der Waals surface area contributed by atoms with E-state index >= 15 is 0 Å². The van der Waals surface area contributed by atoms with Gasteiger partial charge in [0.1, 0.15) is 5.52 Å². The largest absolute Gasteiger partial charge is 0.443 e. The van der Waals surface area contributed by atoms with Crippen molar-refractivity contribution < 1.29 is 14.0 Å². The van der Waals surface area contributed by atoms with Gasteiger partial charge in [-0.3, -0.25) is 9.59 Å². The molecule has 2 amide bonds. The standard InChI is InChI=1S/C20H19N3O3/c1-14-4-2-3-5-16(14)20(25)23-10-8-22(9-11-23)19(24)15-6-7-17-18(12-15)26-13-21-17/h2-7,12-13H,8-11H2,1H3. The number of rotatable bonds is 2. The molecule has 0 bridgehead atoms. The van der Waals surface area contributed by atoms with E-state index in [1.165, 1.54) is 6.39 Å². The van der Waals surface area contributed by atoms with E-state index in [-0.39, 0.29) is 11.8 Å². The zero-order valence-corrected chi connectivity index (χ0v) is 14.5. The highest BCUT2D eigenvalue weighted by Gasteiger charge is 2.26. The van der Waals surface area contributed by atoms with E-state index in [2.05, 4.69) is 4.98 Å². The van der Waals surface area contributed by atoms with Gasteiger partial charge in [-0.05, 0) is 36.8 Å². The Kier molecular flexibility index (Phi) is 4.16. The first-order chi connectivity index (χ1) is 12.6. The number of nitrogens with zero attached hydrogens (tertiary/aromatic N) is 3. The third-order valence-electron chi connectivity index (χ3n) is 4.81. The molecule has 2 heterocycles. The third kappa shape index (κ3) is 2.94. The molecule has 6 heteroatoms. The van der Waals surface area contributed by atoms with Crippen molar-refractivity contribution in [2.75, 3.05) is 26.2 Å². The summed E-state index contributed by atoms with van der Waals surface area (Å²) < 4.78 is 5.27. The highest BCUT2D eigenvalue weighted by Crippen LogP contribution is 2.18. The van der Waals surface area contributed by atoms with Crippen molar-refractivity contribution in [3.8, 4) is 0 Å². The summed E-state index contributed by atoms with van der Waals surface area (Å²) in [6, 6.07) is 12.8. The normalized spacial score (nSPS) is 14.7. The first-order valence-electron chi connectivity index (χ1n) is 8.61. The fraction of sp³-hybridized carbons (Fsp3) is 0.250. The van der Waals surface area contributed by atoms with Crippen LogP contribution in [-0.2, 0) is 0 Å². The molecular formula is C20H19N3O3. The quantitative estimate of drug-likeness (QED) is 0.713. The fourth-order valence-corrected chi connectivity index (χ4v) is 3.27. The summed E-state index contributed by atoms with van der Waals surface area (Å²) >= 11 is 0. The van der Waals surface area contributed by atoms with Gasteiger partial charge in [0.15, 0.2) is 12.0 Å². The molecule has 0 radical (unpaired) electrons. The van der Waals surface area contributed by atoms with Crippen LogP contribution in [0, 0.1) is 6.92 Å². The molecule has 6 nitrogen and oxygen atoms in total. The maximum absolute atomic E-state index is 12.7. The van der Waals surface area contributed by atoms with E-state index in [9.17, 15) is 9.59 Å². The van der Waals surface area contributed by atoms with Crippen molar-refractivity contribution in [1.82, 2.24) is 14.8 Å². The summed E-state index contributed by atoms with van der Waals surface area (Å²) in [7, 11) is 0. The molecule has 1 aliphatic heterocycles. The maximum atomic E-state index is 12.7. The molecule has 132 valence electrons. The number of fused-ring (bicyclic) bond motifs is 1. The molecule has 0 atom stereocenters. The minimum absolute atomic E-state index is 0.0262. The first-order valence-corrected chi connectivity index (χ1v) is 8.61. The minimum atomic E-state index is -0.0497. The van der Waals surface area contributed by atoms with E-state index in [1.807, 2.05) is 36.1 Å². The van der Waals surface area contributed by atoms with E-state index < -0.39 is 0 Å². The van der Waals surface area contributed by atoms with Crippen molar-refractivity contribution in [3.63, 3.8) is 0 Å². The van der Waals surface area contributed by atoms with Crippen LogP contribution >= 0.6 is 0 Å². The second-order valence-electron chi connectivity index (χ2n) is 6.43. The number of hydrogen-bond donors (Lipinski definition) is 0. The van der Waals surface area contributed by atoms with Crippen LogP contribution in [0.5, 0.6) is 0 Å². The average molecular weight is 349 g/mol. The number of amides is 2. The molecule has 1 aromatic heterocycles. The summed E-state index contributed by atoms with van der Waals surface area (Å²) in [5.41, 5.74) is 3.60. The van der Waals surface area contributed by atoms with E-state index in [0.29, 0.717) is 37.3 Å². The number of benzene rings is 2. The van der Waals surface area contributed by atoms with Gasteiger partial charge in [-0.25, -0.2) is 4.98 Å². The summed E-state index contributed by atoms with van der Waals surface area (Å²) in [6.07, 6.45) is 1.37. The Morgan fingerprint density at radius 3 is 2.38 bits per heavy atom. The van der Waals surface area contributed by atoms with Gasteiger partial charge in [-0.1, -0.05) is 18.2 Å². The van der Waals surface area contributed by atoms with Gasteiger partial charge in [0.2, 0.25) is 0 Å². The number of carbonyl (C=O) groups excluding carboxylic acids is 2. The van der Waals surface area contributed by atoms with Crippen molar-refractivity contribution >= 4 is 22.9 Å². The smallest absolute Gasteiger partial charge is 0.254 e. The molecule has 0 unspecified atom stereocenters. The van der Waals surface area contributed by atoms with Crippen molar-refractivity contribution in [2.24, 2.45) is 0 Å². The SMILES string of the molecule is Cc1ccccc1C(=O)N1CCN(C(=O)c2ccc3ncoc3c2)CC1. The number of piperazine rings is 1. The lowest BCUT2D eigenvalue weighted by Crippen LogP contribution is -2.50. The van der Waals surface area contributed by atoms with Gasteiger partial charge in [0.25, 0.3) is 11.8 Å². The van der Waals surface area contributed by atoms with Gasteiger partial charge in [-0.15, -0.1) is 0 Å². The molecule has 2 aromatic carbocycles. The highest BCUT2D eigenvalue weighted by atomic mass is 16.3. The maximum Gasteiger partial charge on any atom is 0.254 e. The van der Waals surface area contributed by atoms with E-state index in [4.69, 9.17) is 4.42 Å². The van der Waals surface area contributed by atoms with Crippen LogP contribution in [0.1, 0.15) is 26.3 Å². The lowest BCUT2D eigenvalue weighted by atomic mass is 10.1. The van der Waals surface area contributed by atoms with Crippen molar-refractivity contribution in [2.45, 2.75) is 6.92 Å². The Morgan fingerprint density at radius 2 is 1.65 bits per heavy atom. The molecule has 0 N–H and O–H groups in total. The molecule has 0 saturated carbocycles. The molecule has 1 saturated heterocycles. The Labute approximate surface area is 151 Å². The molecule has 0 aliphatic carbocycles. The topological polar surface area (TPSA) is 66.7 Å². The Morgan fingerprint density at radius 1 is 0.962 bits per heavy atom. The number of hydrogen-bond acceptors (Lipinski definition) is 4. The molecule has 0 spiro atoms. The van der Waals surface area contributed by atoms with Gasteiger partial charge >= 0.3 is 0 Å². The van der Waals surface area contributed by atoms with Crippen LogP contribution in [0.3, 0.4) is 0 Å². The van der Waals surface area contributed by atoms with Gasteiger partial charge < -0.3 is 14.2 Å². The Balaban J connectivity index is 1.43. The zero-order valence-electron chi connectivity index (χ0n) is 14.5. The van der Waals surface area contributed by atoms with Crippen LogP contribution < -0.4 is 0 Å². The molecule has 26 heavy (non-hydrogen) atoms. The molecular weight excluding hydrogens is 330 g/mol. The third-order valence-corrected chi connectivity index (χ3v) is 4.81. The summed E-state index contributed by atoms with van der Waals surface area (Å²) in [5, 5.41) is 0. The van der Waals surface area contributed by atoms with Crippen LogP contribution in [0.2, 0.25) is 0 Å². The lowest BCUT2D eigenvalue weighted by molar-refractivity contribution is 0.0535. The number of aryl methyl sites for hydroxylation is 1. The van der Waals surface area contributed by atoms with Crippen molar-refractivity contribution in [3.05, 3.63) is 65.5 Å². The van der Waals surface area contributed by atoms with E-state index in [0.717, 1.165) is 16.6 Å². The second-order valence-corrected chi connectivity index (χ2v) is 6.43. The van der Waals surface area contributed by atoms with Crippen LogP contribution in [0.15, 0.2) is 53.3 Å². The second kappa shape index (κ2) is 6.63. The summed E-state index contributed by atoms with van der Waals surface area (Å²) in [4.78, 5) is 33.1. The van der Waals surface area contributed by atoms with Gasteiger partial charge in [-0.2, -0.15) is 0 Å². The summed E-state index contributed by atoms with van der Waals surface area (Å²) in [5.74, 6) is -0.0235. The lowest BCUT2D eigenvalue weighted by Gasteiger charge is -2.35. The Bertz CT molecular complexity index is 971. The summed E-state index contributed by atoms with van der Waals surface area (Å²) in [6.45, 7) is 4.04. The number of carbonyl (C=O) groups is 2. The van der Waals surface area contributed by atoms with Gasteiger partial charge in [0.05, 0.1) is 0 Å². The molecule has 3 aromatic rings. The van der Waals surface area contributed by atoms with Crippen LogP contribution in [0.4, 0.5) is 0 Å². The van der Waals surface area contributed by atoms with Gasteiger partial charge in [0, 0.05) is 37.3 Å². The van der Waals surface area contributed by atoms with Crippen molar-refractivity contribution in [1.29, 1.82) is 0 Å². The Hall–Kier alpha value is -3.15. The van der Waals surface area contributed by atoms with Crippen LogP contribution in [-0.4, -0.2) is 52.8 Å². The highest BCUT2D eigenvalue weighted by molar-refractivity contribution is 5.98. The van der Waals surface area contributed by atoms with E-state index in [1.54, 1.807) is 23.1 Å². The van der Waals surface area contributed by atoms with Crippen LogP contribution in [0.25, 0.3) is 11.1 Å². The number of oxazole rings is 1. The predicted molar refractivity (Wildman–Crippen MR) is 97.0 cm³/mol. The average Bonchev–Trinajstić information content (AvgIpc) is 3.15. The first kappa shape index (κ1) is 16.3. The number of aromatic nitrogens is 1.